The molecule has 6 heteroatoms. The lowest BCUT2D eigenvalue weighted by atomic mass is 10.2. The summed E-state index contributed by atoms with van der Waals surface area (Å²) in [5.74, 6) is 0.239. The molecular formula is C16H24N2O3S. The molecule has 1 saturated heterocycles. The Labute approximate surface area is 132 Å². The number of sulfone groups is 1. The van der Waals surface area contributed by atoms with Crippen LogP contribution >= 0.6 is 0 Å². The Morgan fingerprint density at radius 1 is 1.32 bits per heavy atom. The monoisotopic (exact) mass is 324 g/mol. The number of nitrogens with zero attached hydrogens (tertiary/aromatic N) is 2. The Balaban J connectivity index is 2.07. The molecule has 2 rings (SSSR count). The van der Waals surface area contributed by atoms with Crippen molar-refractivity contribution in [2.75, 3.05) is 36.0 Å². The topological polar surface area (TPSA) is 57.7 Å². The molecule has 1 aliphatic heterocycles. The van der Waals surface area contributed by atoms with Crippen molar-refractivity contribution >= 4 is 21.4 Å². The minimum atomic E-state index is -3.03. The zero-order valence-corrected chi connectivity index (χ0v) is 14.1. The first-order valence-corrected chi connectivity index (χ1v) is 9.55. The maximum absolute atomic E-state index is 12.6. The predicted octanol–water partition coefficient (Wildman–Crippen LogP) is 1.55. The molecule has 1 heterocycles. The van der Waals surface area contributed by atoms with Gasteiger partial charge in [0.25, 0.3) is 0 Å². The average molecular weight is 324 g/mol. The van der Waals surface area contributed by atoms with Crippen LogP contribution in [0.25, 0.3) is 0 Å². The minimum absolute atomic E-state index is 0.00435. The molecule has 1 aromatic rings. The number of likely N-dealkylation sites (N-methyl/N-ethyl adjacent to an activating group) is 1. The van der Waals surface area contributed by atoms with E-state index < -0.39 is 9.84 Å². The smallest absolute Gasteiger partial charge is 0.242 e. The molecule has 122 valence electrons. The van der Waals surface area contributed by atoms with E-state index in [9.17, 15) is 13.2 Å². The highest BCUT2D eigenvalue weighted by atomic mass is 32.2. The molecule has 0 bridgehead atoms. The standard InChI is InChI=1S/C16H24N2O3S/c1-3-17(15-8-5-4-6-9-15)12-16(19)18-10-7-11-22(20,21)13-14(18)2/h4-6,8-9,14H,3,7,10-13H2,1-2H3. The van der Waals surface area contributed by atoms with Crippen LogP contribution in [0, 0.1) is 0 Å². The van der Waals surface area contributed by atoms with Gasteiger partial charge in [0.15, 0.2) is 9.84 Å². The van der Waals surface area contributed by atoms with Gasteiger partial charge in [-0.15, -0.1) is 0 Å². The molecule has 22 heavy (non-hydrogen) atoms. The fourth-order valence-electron chi connectivity index (χ4n) is 2.87. The van der Waals surface area contributed by atoms with Crippen molar-refractivity contribution in [3.8, 4) is 0 Å². The van der Waals surface area contributed by atoms with Crippen LogP contribution in [-0.4, -0.2) is 56.4 Å². The molecular weight excluding hydrogens is 300 g/mol. The molecule has 0 saturated carbocycles. The molecule has 0 aromatic heterocycles. The van der Waals surface area contributed by atoms with E-state index in [1.54, 1.807) is 4.90 Å². The molecule has 1 aliphatic rings. The number of amides is 1. The summed E-state index contributed by atoms with van der Waals surface area (Å²) >= 11 is 0. The van der Waals surface area contributed by atoms with Gasteiger partial charge in [-0.05, 0) is 32.4 Å². The zero-order valence-electron chi connectivity index (χ0n) is 13.2. The van der Waals surface area contributed by atoms with Crippen molar-refractivity contribution in [1.29, 1.82) is 0 Å². The van der Waals surface area contributed by atoms with E-state index in [0.29, 0.717) is 13.0 Å². The van der Waals surface area contributed by atoms with E-state index in [0.717, 1.165) is 12.2 Å². The third-order valence-electron chi connectivity index (χ3n) is 4.03. The first-order valence-electron chi connectivity index (χ1n) is 7.73. The summed E-state index contributed by atoms with van der Waals surface area (Å²) in [6.07, 6.45) is 0.524. The summed E-state index contributed by atoms with van der Waals surface area (Å²) in [5, 5.41) is 0. The van der Waals surface area contributed by atoms with Crippen LogP contribution in [0.4, 0.5) is 5.69 Å². The Bertz CT molecular complexity index is 601. The van der Waals surface area contributed by atoms with Gasteiger partial charge in [-0.2, -0.15) is 0 Å². The third-order valence-corrected chi connectivity index (χ3v) is 5.93. The van der Waals surface area contributed by atoms with Crippen molar-refractivity contribution < 1.29 is 13.2 Å². The van der Waals surface area contributed by atoms with Gasteiger partial charge in [-0.1, -0.05) is 18.2 Å². The average Bonchev–Trinajstić information content (AvgIpc) is 2.62. The van der Waals surface area contributed by atoms with Crippen molar-refractivity contribution in [2.45, 2.75) is 26.3 Å². The van der Waals surface area contributed by atoms with Crippen molar-refractivity contribution in [1.82, 2.24) is 4.90 Å². The van der Waals surface area contributed by atoms with Gasteiger partial charge in [0, 0.05) is 24.8 Å². The summed E-state index contributed by atoms with van der Waals surface area (Å²) in [7, 11) is -3.03. The van der Waals surface area contributed by atoms with Gasteiger partial charge in [0.2, 0.25) is 5.91 Å². The van der Waals surface area contributed by atoms with Gasteiger partial charge >= 0.3 is 0 Å². The number of hydrogen-bond donors (Lipinski definition) is 0. The lowest BCUT2D eigenvalue weighted by Gasteiger charge is -2.30. The second-order valence-corrected chi connectivity index (χ2v) is 7.98. The second kappa shape index (κ2) is 7.13. The maximum Gasteiger partial charge on any atom is 0.242 e. The van der Waals surface area contributed by atoms with E-state index in [-0.39, 0.29) is 30.0 Å². The van der Waals surface area contributed by atoms with E-state index in [1.165, 1.54) is 0 Å². The SMILES string of the molecule is CCN(CC(=O)N1CCCS(=O)(=O)CC1C)c1ccccc1. The van der Waals surface area contributed by atoms with Crippen LogP contribution in [0.2, 0.25) is 0 Å². The Hall–Kier alpha value is -1.56. The maximum atomic E-state index is 12.6. The zero-order chi connectivity index (χ0) is 16.2. The molecule has 1 unspecified atom stereocenters. The number of benzene rings is 1. The summed E-state index contributed by atoms with van der Waals surface area (Å²) in [6.45, 7) is 5.36. The lowest BCUT2D eigenvalue weighted by Crippen LogP contribution is -2.46. The van der Waals surface area contributed by atoms with Crippen LogP contribution in [-0.2, 0) is 14.6 Å². The Morgan fingerprint density at radius 2 is 2.00 bits per heavy atom. The molecule has 1 fully saturated rings. The van der Waals surface area contributed by atoms with Crippen LogP contribution in [0.3, 0.4) is 0 Å². The van der Waals surface area contributed by atoms with Gasteiger partial charge in [-0.25, -0.2) is 8.42 Å². The highest BCUT2D eigenvalue weighted by Gasteiger charge is 2.29. The molecule has 0 spiro atoms. The fourth-order valence-corrected chi connectivity index (χ4v) is 4.52. The van der Waals surface area contributed by atoms with E-state index in [2.05, 4.69) is 0 Å². The number of rotatable bonds is 4. The van der Waals surface area contributed by atoms with E-state index >= 15 is 0 Å². The van der Waals surface area contributed by atoms with E-state index in [4.69, 9.17) is 0 Å². The molecule has 1 atom stereocenters. The largest absolute Gasteiger partial charge is 0.362 e. The normalized spacial score (nSPS) is 21.2. The van der Waals surface area contributed by atoms with Crippen molar-refractivity contribution in [2.24, 2.45) is 0 Å². The molecule has 1 amide bonds. The third kappa shape index (κ3) is 4.22. The molecule has 0 radical (unpaired) electrons. The molecule has 0 N–H and O–H groups in total. The Morgan fingerprint density at radius 3 is 2.64 bits per heavy atom. The summed E-state index contributed by atoms with van der Waals surface area (Å²) in [5.41, 5.74) is 1.01. The quantitative estimate of drug-likeness (QED) is 0.843. The lowest BCUT2D eigenvalue weighted by molar-refractivity contribution is -0.131. The summed E-state index contributed by atoms with van der Waals surface area (Å²) in [4.78, 5) is 16.3. The first kappa shape index (κ1) is 16.8. The van der Waals surface area contributed by atoms with Gasteiger partial charge in [0.1, 0.15) is 0 Å². The molecule has 0 aliphatic carbocycles. The fraction of sp³-hybridized carbons (Fsp3) is 0.562. The van der Waals surface area contributed by atoms with Crippen molar-refractivity contribution in [3.05, 3.63) is 30.3 Å². The summed E-state index contributed by atoms with van der Waals surface area (Å²) in [6, 6.07) is 9.54. The molecule has 1 aromatic carbocycles. The Kier molecular flexibility index (Phi) is 5.45. The predicted molar refractivity (Wildman–Crippen MR) is 88.8 cm³/mol. The van der Waals surface area contributed by atoms with Crippen molar-refractivity contribution in [3.63, 3.8) is 0 Å². The van der Waals surface area contributed by atoms with E-state index in [1.807, 2.05) is 49.1 Å². The number of hydrogen-bond acceptors (Lipinski definition) is 4. The number of carbonyl (C=O) groups is 1. The van der Waals surface area contributed by atoms with Gasteiger partial charge in [-0.3, -0.25) is 4.79 Å². The van der Waals surface area contributed by atoms with Crippen LogP contribution in [0.1, 0.15) is 20.3 Å². The highest BCUT2D eigenvalue weighted by molar-refractivity contribution is 7.91. The number of carbonyl (C=O) groups excluding carboxylic acids is 1. The van der Waals surface area contributed by atoms with Crippen LogP contribution in [0.5, 0.6) is 0 Å². The number of para-hydroxylation sites is 1. The number of anilines is 1. The van der Waals surface area contributed by atoms with Crippen LogP contribution < -0.4 is 4.90 Å². The molecule has 5 nitrogen and oxygen atoms in total. The van der Waals surface area contributed by atoms with Crippen LogP contribution in [0.15, 0.2) is 30.3 Å². The summed E-state index contributed by atoms with van der Waals surface area (Å²) < 4.78 is 23.6. The highest BCUT2D eigenvalue weighted by Crippen LogP contribution is 2.16. The second-order valence-electron chi connectivity index (χ2n) is 5.75. The van der Waals surface area contributed by atoms with Gasteiger partial charge < -0.3 is 9.80 Å². The first-order chi connectivity index (χ1) is 10.4. The minimum Gasteiger partial charge on any atom is -0.362 e. The van der Waals surface area contributed by atoms with Gasteiger partial charge in [0.05, 0.1) is 18.1 Å².